The van der Waals surface area contributed by atoms with Crippen LogP contribution in [0.5, 0.6) is 11.5 Å². The van der Waals surface area contributed by atoms with E-state index in [0.29, 0.717) is 29.7 Å². The van der Waals surface area contributed by atoms with Crippen molar-refractivity contribution in [3.63, 3.8) is 0 Å². The van der Waals surface area contributed by atoms with Crippen LogP contribution in [0.25, 0.3) is 10.9 Å². The van der Waals surface area contributed by atoms with Gasteiger partial charge in [0.2, 0.25) is 0 Å². The highest BCUT2D eigenvalue weighted by molar-refractivity contribution is 6.32. The number of carbonyl (C=O) groups is 1. The number of ether oxygens (including phenoxy) is 3. The number of nitrogens with one attached hydrogen (secondary N) is 1. The van der Waals surface area contributed by atoms with Crippen molar-refractivity contribution >= 4 is 28.5 Å². The molecule has 134 valence electrons. The van der Waals surface area contributed by atoms with E-state index in [1.165, 1.54) is 0 Å². The normalized spacial score (nSPS) is 13.4. The molecule has 0 amide bonds. The van der Waals surface area contributed by atoms with Gasteiger partial charge in [0.1, 0.15) is 6.61 Å². The molecule has 5 nitrogen and oxygen atoms in total. The maximum absolute atomic E-state index is 12.2. The molecule has 0 unspecified atom stereocenters. The first-order valence-corrected chi connectivity index (χ1v) is 8.87. The number of H-pyrrole nitrogens is 1. The molecular formula is C20H18ClNO4. The predicted octanol–water partition coefficient (Wildman–Crippen LogP) is 4.27. The number of para-hydroxylation sites is 1. The Balaban J connectivity index is 1.43. The molecular weight excluding hydrogens is 354 g/mol. The van der Waals surface area contributed by atoms with Gasteiger partial charge in [-0.25, -0.2) is 0 Å². The number of benzene rings is 2. The third kappa shape index (κ3) is 3.48. The molecule has 2 aromatic carbocycles. The number of rotatable bonds is 4. The van der Waals surface area contributed by atoms with Gasteiger partial charge in [-0.3, -0.25) is 4.79 Å². The molecule has 1 N–H and O–H groups in total. The Morgan fingerprint density at radius 3 is 2.96 bits per heavy atom. The zero-order chi connectivity index (χ0) is 17.9. The van der Waals surface area contributed by atoms with Crippen LogP contribution in [0, 0.1) is 0 Å². The van der Waals surface area contributed by atoms with Crippen molar-refractivity contribution in [1.29, 1.82) is 0 Å². The lowest BCUT2D eigenvalue weighted by Crippen LogP contribution is -2.08. The number of aromatic amines is 1. The molecule has 0 saturated carbocycles. The summed E-state index contributed by atoms with van der Waals surface area (Å²) in [5.74, 6) is 0.855. The summed E-state index contributed by atoms with van der Waals surface area (Å²) in [4.78, 5) is 15.4. The van der Waals surface area contributed by atoms with Gasteiger partial charge in [0, 0.05) is 23.5 Å². The fraction of sp³-hybridized carbons (Fsp3) is 0.250. The van der Waals surface area contributed by atoms with Crippen molar-refractivity contribution in [2.75, 3.05) is 13.2 Å². The molecule has 1 aromatic heterocycles. The molecule has 0 fully saturated rings. The fourth-order valence-corrected chi connectivity index (χ4v) is 3.30. The van der Waals surface area contributed by atoms with Gasteiger partial charge >= 0.3 is 5.97 Å². The molecule has 2 heterocycles. The molecule has 1 aliphatic rings. The lowest BCUT2D eigenvalue weighted by atomic mass is 10.1. The van der Waals surface area contributed by atoms with E-state index in [0.717, 1.165) is 28.5 Å². The number of hydrogen-bond acceptors (Lipinski definition) is 4. The Hall–Kier alpha value is -2.66. The predicted molar refractivity (Wildman–Crippen MR) is 98.9 cm³/mol. The van der Waals surface area contributed by atoms with Crippen molar-refractivity contribution in [3.8, 4) is 11.5 Å². The van der Waals surface area contributed by atoms with Crippen LogP contribution in [-0.4, -0.2) is 24.2 Å². The molecule has 6 heteroatoms. The first-order valence-electron chi connectivity index (χ1n) is 8.49. The molecule has 1 aliphatic heterocycles. The maximum Gasteiger partial charge on any atom is 0.310 e. The second-order valence-corrected chi connectivity index (χ2v) is 6.56. The quantitative estimate of drug-likeness (QED) is 0.696. The van der Waals surface area contributed by atoms with Crippen LogP contribution >= 0.6 is 11.6 Å². The number of esters is 1. The average Bonchev–Trinajstić information content (AvgIpc) is 2.88. The Kier molecular flexibility index (Phi) is 4.71. The highest BCUT2D eigenvalue weighted by Crippen LogP contribution is 2.38. The summed E-state index contributed by atoms with van der Waals surface area (Å²) in [5, 5.41) is 1.50. The summed E-state index contributed by atoms with van der Waals surface area (Å²) in [6, 6.07) is 11.4. The minimum absolute atomic E-state index is 0.136. The van der Waals surface area contributed by atoms with Gasteiger partial charge < -0.3 is 19.2 Å². The van der Waals surface area contributed by atoms with Crippen molar-refractivity contribution in [2.45, 2.75) is 19.4 Å². The second kappa shape index (κ2) is 7.30. The van der Waals surface area contributed by atoms with Gasteiger partial charge in [0.15, 0.2) is 11.5 Å². The summed E-state index contributed by atoms with van der Waals surface area (Å²) in [6.45, 7) is 1.29. The molecule has 0 saturated heterocycles. The Bertz CT molecular complexity index is 950. The van der Waals surface area contributed by atoms with E-state index in [2.05, 4.69) is 4.98 Å². The third-order valence-corrected chi connectivity index (χ3v) is 4.55. The fourth-order valence-electron chi connectivity index (χ4n) is 3.02. The average molecular weight is 372 g/mol. The highest BCUT2D eigenvalue weighted by atomic mass is 35.5. The second-order valence-electron chi connectivity index (χ2n) is 6.15. The Morgan fingerprint density at radius 1 is 1.19 bits per heavy atom. The van der Waals surface area contributed by atoms with Crippen molar-refractivity contribution in [1.82, 2.24) is 4.98 Å². The largest absolute Gasteiger partial charge is 0.489 e. The summed E-state index contributed by atoms with van der Waals surface area (Å²) >= 11 is 6.27. The van der Waals surface area contributed by atoms with E-state index >= 15 is 0 Å². The zero-order valence-corrected chi connectivity index (χ0v) is 14.8. The Labute approximate surface area is 155 Å². The van der Waals surface area contributed by atoms with E-state index in [1.807, 2.05) is 36.5 Å². The van der Waals surface area contributed by atoms with Gasteiger partial charge in [-0.05, 0) is 29.3 Å². The summed E-state index contributed by atoms with van der Waals surface area (Å²) < 4.78 is 16.7. The van der Waals surface area contributed by atoms with Crippen LogP contribution in [0.1, 0.15) is 17.5 Å². The van der Waals surface area contributed by atoms with E-state index in [-0.39, 0.29) is 19.0 Å². The first kappa shape index (κ1) is 16.8. The topological polar surface area (TPSA) is 60.6 Å². The van der Waals surface area contributed by atoms with Crippen molar-refractivity contribution < 1.29 is 19.0 Å². The van der Waals surface area contributed by atoms with Crippen LogP contribution in [0.15, 0.2) is 42.6 Å². The number of aromatic nitrogens is 1. The van der Waals surface area contributed by atoms with E-state index < -0.39 is 0 Å². The zero-order valence-electron chi connectivity index (χ0n) is 14.1. The lowest BCUT2D eigenvalue weighted by Gasteiger charge is -2.12. The third-order valence-electron chi connectivity index (χ3n) is 4.27. The molecule has 3 aromatic rings. The lowest BCUT2D eigenvalue weighted by molar-refractivity contribution is -0.144. The number of carbonyl (C=O) groups excluding carboxylic acids is 1. The van der Waals surface area contributed by atoms with E-state index in [4.69, 9.17) is 25.8 Å². The number of halogens is 1. The number of hydrogen-bond donors (Lipinski definition) is 1. The van der Waals surface area contributed by atoms with Gasteiger partial charge in [-0.15, -0.1) is 0 Å². The van der Waals surface area contributed by atoms with Gasteiger partial charge in [0.05, 0.1) is 24.7 Å². The van der Waals surface area contributed by atoms with Crippen LogP contribution in [0.4, 0.5) is 0 Å². The minimum Gasteiger partial charge on any atom is -0.489 e. The van der Waals surface area contributed by atoms with E-state index in [9.17, 15) is 4.79 Å². The van der Waals surface area contributed by atoms with Crippen LogP contribution in [-0.2, 0) is 22.6 Å². The van der Waals surface area contributed by atoms with Crippen molar-refractivity contribution in [3.05, 3.63) is 58.7 Å². The Morgan fingerprint density at radius 2 is 2.04 bits per heavy atom. The maximum atomic E-state index is 12.2. The van der Waals surface area contributed by atoms with Gasteiger partial charge in [-0.1, -0.05) is 29.8 Å². The molecule has 0 spiro atoms. The highest BCUT2D eigenvalue weighted by Gasteiger charge is 2.16. The molecule has 4 rings (SSSR count). The van der Waals surface area contributed by atoms with Crippen LogP contribution in [0.3, 0.4) is 0 Å². The summed E-state index contributed by atoms with van der Waals surface area (Å²) in [7, 11) is 0. The van der Waals surface area contributed by atoms with Crippen LogP contribution in [0.2, 0.25) is 5.02 Å². The summed E-state index contributed by atoms with van der Waals surface area (Å²) in [6.07, 6.45) is 2.86. The molecule has 0 atom stereocenters. The van der Waals surface area contributed by atoms with Crippen molar-refractivity contribution in [2.24, 2.45) is 0 Å². The van der Waals surface area contributed by atoms with E-state index in [1.54, 1.807) is 6.07 Å². The molecule has 0 radical (unpaired) electrons. The SMILES string of the molecule is O=C(Cc1c[nH]c2ccccc12)OCc1cc(Cl)c2c(c1)OCCCO2. The standard InChI is InChI=1S/C20H18ClNO4/c21-16-8-13(9-18-20(16)25-7-3-6-24-18)12-26-19(23)10-14-11-22-17-5-2-1-4-15(14)17/h1-2,4-5,8-9,11,22H,3,6-7,10,12H2. The van der Waals surface area contributed by atoms with Gasteiger partial charge in [-0.2, -0.15) is 0 Å². The summed E-state index contributed by atoms with van der Waals surface area (Å²) in [5.41, 5.74) is 2.69. The monoisotopic (exact) mass is 371 g/mol. The van der Waals surface area contributed by atoms with Gasteiger partial charge in [0.25, 0.3) is 0 Å². The smallest absolute Gasteiger partial charge is 0.310 e. The molecule has 26 heavy (non-hydrogen) atoms. The number of fused-ring (bicyclic) bond motifs is 2. The first-order chi connectivity index (χ1) is 12.7. The molecule has 0 bridgehead atoms. The van der Waals surface area contributed by atoms with Crippen LogP contribution < -0.4 is 9.47 Å². The minimum atomic E-state index is -0.294. The molecule has 0 aliphatic carbocycles.